The predicted molar refractivity (Wildman–Crippen MR) is 170 cm³/mol. The van der Waals surface area contributed by atoms with Gasteiger partial charge in [0.2, 0.25) is 0 Å². The number of hydrogen-bond acceptors (Lipinski definition) is 4. The van der Waals surface area contributed by atoms with Crippen molar-refractivity contribution in [3.63, 3.8) is 0 Å². The average molecular weight is 542 g/mol. The molecule has 0 saturated heterocycles. The largest absolute Gasteiger partial charge is 0.297 e. The molecule has 5 nitrogen and oxygen atoms in total. The van der Waals surface area contributed by atoms with Crippen LogP contribution in [0.1, 0.15) is 30.5 Å². The summed E-state index contributed by atoms with van der Waals surface area (Å²) in [4.78, 5) is 9.87. The van der Waals surface area contributed by atoms with Crippen LogP contribution in [0.2, 0.25) is 0 Å². The van der Waals surface area contributed by atoms with Crippen LogP contribution < -0.4 is 21.5 Å². The molecule has 0 amide bonds. The molecule has 2 aliphatic rings. The van der Waals surface area contributed by atoms with Gasteiger partial charge >= 0.3 is 0 Å². The molecule has 9 rings (SSSR count). The molecule has 42 heavy (non-hydrogen) atoms. The Morgan fingerprint density at radius 1 is 0.595 bits per heavy atom. The monoisotopic (exact) mass is 541 g/mol. The molecule has 0 fully saturated rings. The van der Waals surface area contributed by atoms with Gasteiger partial charge in [0.25, 0.3) is 0 Å². The van der Waals surface area contributed by atoms with Gasteiger partial charge in [-0.3, -0.25) is 20.4 Å². The molecule has 3 heterocycles. The lowest BCUT2D eigenvalue weighted by Crippen LogP contribution is -2.51. The molecule has 2 N–H and O–H groups in total. The zero-order valence-corrected chi connectivity index (χ0v) is 23.3. The molecular formula is C37H27N5. The van der Waals surface area contributed by atoms with Gasteiger partial charge in [0.15, 0.2) is 5.82 Å². The summed E-state index contributed by atoms with van der Waals surface area (Å²) in [6.07, 6.45) is 3.56. The maximum atomic E-state index is 4.93. The van der Waals surface area contributed by atoms with Gasteiger partial charge in [-0.25, -0.2) is 4.98 Å². The highest BCUT2D eigenvalue weighted by atomic mass is 15.4. The SMILES string of the molecule is CC1(C)c2ccccc2-c2cccc(C3=c4nccnc4=C(n4c5ccccc5c5cc6ccccc6cc54)NN3)c21. The third-order valence-corrected chi connectivity index (χ3v) is 9.08. The molecule has 5 heteroatoms. The molecule has 0 bridgehead atoms. The van der Waals surface area contributed by atoms with E-state index in [1.807, 2.05) is 0 Å². The van der Waals surface area contributed by atoms with E-state index in [0.29, 0.717) is 0 Å². The molecule has 1 aliphatic heterocycles. The average Bonchev–Trinajstić information content (AvgIpc) is 3.48. The summed E-state index contributed by atoms with van der Waals surface area (Å²) >= 11 is 0. The summed E-state index contributed by atoms with van der Waals surface area (Å²) in [7, 11) is 0. The zero-order valence-electron chi connectivity index (χ0n) is 23.3. The Morgan fingerprint density at radius 2 is 1.29 bits per heavy atom. The number of nitrogens with zero attached hydrogens (tertiary/aromatic N) is 3. The molecule has 0 spiro atoms. The lowest BCUT2D eigenvalue weighted by atomic mass is 9.79. The molecule has 7 aromatic rings. The van der Waals surface area contributed by atoms with E-state index < -0.39 is 0 Å². The van der Waals surface area contributed by atoms with Gasteiger partial charge in [0.05, 0.1) is 16.7 Å². The first-order chi connectivity index (χ1) is 20.6. The lowest BCUT2D eigenvalue weighted by molar-refractivity contribution is 0.654. The maximum absolute atomic E-state index is 4.93. The van der Waals surface area contributed by atoms with Gasteiger partial charge in [0, 0.05) is 34.1 Å². The van der Waals surface area contributed by atoms with Crippen LogP contribution in [0.5, 0.6) is 0 Å². The van der Waals surface area contributed by atoms with E-state index in [1.165, 1.54) is 43.8 Å². The second kappa shape index (κ2) is 8.30. The fraction of sp³-hybridized carbons (Fsp3) is 0.0811. The highest BCUT2D eigenvalue weighted by molar-refractivity contribution is 6.14. The third-order valence-electron chi connectivity index (χ3n) is 9.08. The van der Waals surface area contributed by atoms with Crippen molar-refractivity contribution in [2.24, 2.45) is 0 Å². The van der Waals surface area contributed by atoms with Crippen LogP contribution in [0.4, 0.5) is 0 Å². The van der Waals surface area contributed by atoms with Crippen LogP contribution in [0, 0.1) is 0 Å². The first-order valence-electron chi connectivity index (χ1n) is 14.3. The number of rotatable bonds is 2. The Balaban J connectivity index is 1.38. The number of aromatic nitrogens is 3. The summed E-state index contributed by atoms with van der Waals surface area (Å²) in [6.45, 7) is 4.63. The molecule has 1 aliphatic carbocycles. The second-order valence-corrected chi connectivity index (χ2v) is 11.7. The van der Waals surface area contributed by atoms with Crippen LogP contribution >= 0.6 is 0 Å². The van der Waals surface area contributed by atoms with Crippen molar-refractivity contribution >= 4 is 44.1 Å². The van der Waals surface area contributed by atoms with E-state index in [0.717, 1.165) is 38.8 Å². The Kier molecular flexibility index (Phi) is 4.61. The Hall–Kier alpha value is -5.42. The highest BCUT2D eigenvalue weighted by Gasteiger charge is 2.38. The quantitative estimate of drug-likeness (QED) is 0.285. The van der Waals surface area contributed by atoms with E-state index in [1.54, 1.807) is 12.4 Å². The summed E-state index contributed by atoms with van der Waals surface area (Å²) in [5, 5.41) is 6.48. The maximum Gasteiger partial charge on any atom is 0.158 e. The third kappa shape index (κ3) is 3.02. The second-order valence-electron chi connectivity index (χ2n) is 11.7. The van der Waals surface area contributed by atoms with Crippen molar-refractivity contribution in [1.29, 1.82) is 0 Å². The molecule has 5 aromatic carbocycles. The summed E-state index contributed by atoms with van der Waals surface area (Å²) in [5.41, 5.74) is 16.6. The molecular weight excluding hydrogens is 514 g/mol. The number of fused-ring (bicyclic) bond motifs is 8. The first kappa shape index (κ1) is 23.3. The number of hydrazine groups is 1. The van der Waals surface area contributed by atoms with Crippen LogP contribution in [0.25, 0.3) is 55.2 Å². The number of para-hydroxylation sites is 1. The molecule has 0 saturated carbocycles. The molecule has 0 atom stereocenters. The Bertz CT molecular complexity index is 2400. The number of hydrogen-bond donors (Lipinski definition) is 2. The van der Waals surface area contributed by atoms with Gasteiger partial charge in [0.1, 0.15) is 10.7 Å². The van der Waals surface area contributed by atoms with Gasteiger partial charge in [-0.2, -0.15) is 0 Å². The number of benzene rings is 5. The molecule has 0 unspecified atom stereocenters. The molecule has 2 aromatic heterocycles. The topological polar surface area (TPSA) is 54.8 Å². The molecule has 0 radical (unpaired) electrons. The Morgan fingerprint density at radius 3 is 2.17 bits per heavy atom. The molecule has 200 valence electrons. The summed E-state index contributed by atoms with van der Waals surface area (Å²) in [5.74, 6) is 0.860. The predicted octanol–water partition coefficient (Wildman–Crippen LogP) is 5.92. The van der Waals surface area contributed by atoms with E-state index >= 15 is 0 Å². The van der Waals surface area contributed by atoms with Crippen molar-refractivity contribution in [2.75, 3.05) is 0 Å². The standard InChI is InChI=1S/C37H27N5/c1-37(2)29-16-7-5-12-24(29)26-14-9-15-27(32(26)37)33-34-35(39-19-18-38-34)36(41-40-33)42-30-17-8-6-13-25(30)28-20-22-10-3-4-11-23(22)21-31(28)42/h3-21,40-41H,1-2H3. The summed E-state index contributed by atoms with van der Waals surface area (Å²) < 4.78 is 2.28. The van der Waals surface area contributed by atoms with E-state index in [4.69, 9.17) is 9.97 Å². The number of nitrogens with one attached hydrogen (secondary N) is 2. The minimum absolute atomic E-state index is 0.155. The van der Waals surface area contributed by atoms with Gasteiger partial charge < -0.3 is 0 Å². The van der Waals surface area contributed by atoms with E-state index in [2.05, 4.69) is 132 Å². The van der Waals surface area contributed by atoms with Crippen molar-refractivity contribution in [1.82, 2.24) is 25.4 Å². The highest BCUT2D eigenvalue weighted by Crippen LogP contribution is 2.50. The fourth-order valence-corrected chi connectivity index (χ4v) is 7.24. The minimum Gasteiger partial charge on any atom is -0.297 e. The van der Waals surface area contributed by atoms with E-state index in [9.17, 15) is 0 Å². The normalized spacial score (nSPS) is 14.9. The van der Waals surface area contributed by atoms with Crippen LogP contribution in [0.3, 0.4) is 0 Å². The Labute approximate surface area is 242 Å². The van der Waals surface area contributed by atoms with Gasteiger partial charge in [-0.1, -0.05) is 98.8 Å². The van der Waals surface area contributed by atoms with Crippen LogP contribution in [-0.4, -0.2) is 14.5 Å². The van der Waals surface area contributed by atoms with E-state index in [-0.39, 0.29) is 5.41 Å². The van der Waals surface area contributed by atoms with Gasteiger partial charge in [-0.15, -0.1) is 0 Å². The van der Waals surface area contributed by atoms with Gasteiger partial charge in [-0.05, 0) is 51.2 Å². The van der Waals surface area contributed by atoms with Crippen LogP contribution in [-0.2, 0) is 5.41 Å². The van der Waals surface area contributed by atoms with Crippen LogP contribution in [0.15, 0.2) is 116 Å². The summed E-state index contributed by atoms with van der Waals surface area (Å²) in [6, 6.07) is 37.0. The van der Waals surface area contributed by atoms with Crippen molar-refractivity contribution < 1.29 is 0 Å². The zero-order chi connectivity index (χ0) is 28.0. The van der Waals surface area contributed by atoms with Crippen molar-refractivity contribution in [3.8, 4) is 11.1 Å². The fourth-order valence-electron chi connectivity index (χ4n) is 7.24. The van der Waals surface area contributed by atoms with Crippen molar-refractivity contribution in [3.05, 3.63) is 143 Å². The van der Waals surface area contributed by atoms with Crippen molar-refractivity contribution in [2.45, 2.75) is 19.3 Å². The smallest absolute Gasteiger partial charge is 0.158 e. The lowest BCUT2D eigenvalue weighted by Gasteiger charge is -2.27. The minimum atomic E-state index is -0.155. The first-order valence-corrected chi connectivity index (χ1v) is 14.3.